The van der Waals surface area contributed by atoms with E-state index in [-0.39, 0.29) is 19.1 Å². The van der Waals surface area contributed by atoms with Gasteiger partial charge < -0.3 is 10.1 Å². The quantitative estimate of drug-likeness (QED) is 0.399. The number of nitrogens with zero attached hydrogens (tertiary/aromatic N) is 2. The van der Waals surface area contributed by atoms with E-state index >= 15 is 0 Å². The Morgan fingerprint density at radius 3 is 2.75 bits per heavy atom. The number of hydrazone groups is 1. The molecule has 0 saturated heterocycles. The summed E-state index contributed by atoms with van der Waals surface area (Å²) in [5.41, 5.74) is 3.99. The van der Waals surface area contributed by atoms with Crippen LogP contribution in [0.4, 0.5) is 5.69 Å². The fraction of sp³-hybridized carbons (Fsp3) is 0.118. The maximum atomic E-state index is 11.8. The van der Waals surface area contributed by atoms with Gasteiger partial charge in [-0.25, -0.2) is 5.43 Å². The molecule has 1 amide bonds. The van der Waals surface area contributed by atoms with Crippen molar-refractivity contribution in [2.75, 3.05) is 18.5 Å². The van der Waals surface area contributed by atoms with Gasteiger partial charge in [0.15, 0.2) is 6.61 Å². The van der Waals surface area contributed by atoms with Crippen LogP contribution in [0.2, 0.25) is 0 Å². The highest BCUT2D eigenvalue weighted by Crippen LogP contribution is 2.15. The molecule has 122 valence electrons. The molecule has 0 unspecified atom stereocenters. The van der Waals surface area contributed by atoms with Crippen LogP contribution in [-0.4, -0.2) is 25.3 Å². The Kier molecular flexibility index (Phi) is 7.04. The summed E-state index contributed by atoms with van der Waals surface area (Å²) in [6.45, 7) is 0.0711. The molecule has 2 aromatic carbocycles. The van der Waals surface area contributed by atoms with Crippen molar-refractivity contribution in [1.29, 1.82) is 5.26 Å². The van der Waals surface area contributed by atoms with Crippen LogP contribution in [-0.2, 0) is 4.79 Å². The first-order valence-corrected chi connectivity index (χ1v) is 8.17. The number of anilines is 1. The number of carbonyl (C=O) groups excluding carboxylic acids is 1. The molecular weight excluding hydrogens is 419 g/mol. The molecule has 0 aliphatic carbocycles. The molecule has 2 rings (SSSR count). The number of hydrogen-bond donors (Lipinski definition) is 2. The molecule has 7 heteroatoms. The second-order valence-electron chi connectivity index (χ2n) is 4.64. The molecule has 0 bridgehead atoms. The third kappa shape index (κ3) is 5.89. The van der Waals surface area contributed by atoms with Gasteiger partial charge in [0, 0.05) is 14.8 Å². The molecule has 24 heavy (non-hydrogen) atoms. The molecule has 0 radical (unpaired) electrons. The number of benzene rings is 2. The predicted molar refractivity (Wildman–Crippen MR) is 101 cm³/mol. The van der Waals surface area contributed by atoms with Crippen molar-refractivity contribution in [2.45, 2.75) is 0 Å². The summed E-state index contributed by atoms with van der Waals surface area (Å²) in [6, 6.07) is 16.8. The van der Waals surface area contributed by atoms with Crippen molar-refractivity contribution < 1.29 is 9.53 Å². The Morgan fingerprint density at radius 1 is 1.25 bits per heavy atom. The van der Waals surface area contributed by atoms with E-state index in [1.165, 1.54) is 6.21 Å². The molecule has 0 saturated carbocycles. The second-order valence-corrected chi connectivity index (χ2v) is 5.88. The number of ether oxygens (including phenoxy) is 1. The van der Waals surface area contributed by atoms with Crippen LogP contribution in [0.5, 0.6) is 5.75 Å². The van der Waals surface area contributed by atoms with Crippen LogP contribution >= 0.6 is 22.6 Å². The molecule has 0 fully saturated rings. The lowest BCUT2D eigenvalue weighted by molar-refractivity contribution is -0.119. The minimum Gasteiger partial charge on any atom is -0.478 e. The van der Waals surface area contributed by atoms with Gasteiger partial charge in [-0.3, -0.25) is 4.79 Å². The Morgan fingerprint density at radius 2 is 2.00 bits per heavy atom. The topological polar surface area (TPSA) is 86.5 Å². The second kappa shape index (κ2) is 9.52. The first kappa shape index (κ1) is 17.7. The fourth-order valence-corrected chi connectivity index (χ4v) is 2.15. The zero-order valence-corrected chi connectivity index (χ0v) is 14.9. The first-order chi connectivity index (χ1) is 11.7. The summed E-state index contributed by atoms with van der Waals surface area (Å²) in [4.78, 5) is 11.8. The molecule has 0 aromatic heterocycles. The van der Waals surface area contributed by atoms with Gasteiger partial charge in [0.2, 0.25) is 0 Å². The average molecular weight is 434 g/mol. The van der Waals surface area contributed by atoms with Gasteiger partial charge in [-0.1, -0.05) is 12.1 Å². The molecule has 2 N–H and O–H groups in total. The predicted octanol–water partition coefficient (Wildman–Crippen LogP) is 2.76. The zero-order valence-electron chi connectivity index (χ0n) is 12.7. The standard InChI is InChI=1S/C17H15IN4O2/c18-14-5-7-15(8-6-14)20-12-17(23)22-21-11-13-3-1-2-4-16(13)24-10-9-19/h1-8,11,20H,10,12H2,(H,22,23)/b21-11-. The Labute approximate surface area is 153 Å². The number of para-hydroxylation sites is 1. The molecule has 2 aromatic rings. The average Bonchev–Trinajstić information content (AvgIpc) is 2.60. The lowest BCUT2D eigenvalue weighted by Gasteiger charge is -2.06. The lowest BCUT2D eigenvalue weighted by Crippen LogP contribution is -2.25. The SMILES string of the molecule is N#CCOc1ccccc1/C=N\NC(=O)CNc1ccc(I)cc1. The number of rotatable bonds is 7. The van der Waals surface area contributed by atoms with E-state index in [2.05, 4.69) is 38.4 Å². The Bertz CT molecular complexity index is 754. The summed E-state index contributed by atoms with van der Waals surface area (Å²) in [6.07, 6.45) is 1.48. The van der Waals surface area contributed by atoms with Crippen molar-refractivity contribution in [3.05, 3.63) is 57.7 Å². The number of carbonyl (C=O) groups is 1. The molecule has 0 aliphatic heterocycles. The van der Waals surface area contributed by atoms with E-state index in [4.69, 9.17) is 10.00 Å². The normalized spacial score (nSPS) is 10.2. The van der Waals surface area contributed by atoms with Gasteiger partial charge in [-0.05, 0) is 59.0 Å². The van der Waals surface area contributed by atoms with E-state index in [0.717, 1.165) is 9.26 Å². The minimum absolute atomic E-state index is 0.0445. The molecular formula is C17H15IN4O2. The van der Waals surface area contributed by atoms with E-state index in [9.17, 15) is 4.79 Å². The molecule has 0 spiro atoms. The van der Waals surface area contributed by atoms with Crippen molar-refractivity contribution in [1.82, 2.24) is 5.43 Å². The van der Waals surface area contributed by atoms with Crippen LogP contribution in [0, 0.1) is 14.9 Å². The Hall–Kier alpha value is -2.60. The molecule has 0 atom stereocenters. The largest absolute Gasteiger partial charge is 0.478 e. The van der Waals surface area contributed by atoms with Crippen LogP contribution in [0.25, 0.3) is 0 Å². The number of nitriles is 1. The minimum atomic E-state index is -0.264. The van der Waals surface area contributed by atoms with Gasteiger partial charge in [-0.2, -0.15) is 10.4 Å². The highest BCUT2D eigenvalue weighted by atomic mass is 127. The highest BCUT2D eigenvalue weighted by Gasteiger charge is 2.02. The van der Waals surface area contributed by atoms with Crippen LogP contribution in [0.3, 0.4) is 0 Å². The monoisotopic (exact) mass is 434 g/mol. The van der Waals surface area contributed by atoms with E-state index in [1.807, 2.05) is 36.4 Å². The van der Waals surface area contributed by atoms with Gasteiger partial charge in [0.25, 0.3) is 5.91 Å². The maximum Gasteiger partial charge on any atom is 0.259 e. The smallest absolute Gasteiger partial charge is 0.259 e. The number of amides is 1. The summed E-state index contributed by atoms with van der Waals surface area (Å²) >= 11 is 2.22. The number of nitrogens with one attached hydrogen (secondary N) is 2. The van der Waals surface area contributed by atoms with Crippen molar-refractivity contribution in [2.24, 2.45) is 5.10 Å². The molecule has 6 nitrogen and oxygen atoms in total. The summed E-state index contributed by atoms with van der Waals surface area (Å²) in [5.74, 6) is 0.272. The summed E-state index contributed by atoms with van der Waals surface area (Å²) in [7, 11) is 0. The van der Waals surface area contributed by atoms with E-state index in [0.29, 0.717) is 11.3 Å². The van der Waals surface area contributed by atoms with Crippen molar-refractivity contribution in [3.8, 4) is 11.8 Å². The third-order valence-electron chi connectivity index (χ3n) is 2.90. The maximum absolute atomic E-state index is 11.8. The lowest BCUT2D eigenvalue weighted by atomic mass is 10.2. The summed E-state index contributed by atoms with van der Waals surface area (Å²) < 4.78 is 6.41. The van der Waals surface area contributed by atoms with Gasteiger partial charge >= 0.3 is 0 Å². The third-order valence-corrected chi connectivity index (χ3v) is 3.62. The first-order valence-electron chi connectivity index (χ1n) is 7.09. The van der Waals surface area contributed by atoms with Gasteiger partial charge in [0.05, 0.1) is 12.8 Å². The number of hydrogen-bond acceptors (Lipinski definition) is 5. The highest BCUT2D eigenvalue weighted by molar-refractivity contribution is 14.1. The van der Waals surface area contributed by atoms with Crippen LogP contribution in [0.15, 0.2) is 53.6 Å². The summed E-state index contributed by atoms with van der Waals surface area (Å²) in [5, 5.41) is 15.5. The van der Waals surface area contributed by atoms with Crippen LogP contribution < -0.4 is 15.5 Å². The Balaban J connectivity index is 1.84. The molecule has 0 aliphatic rings. The number of halogens is 1. The van der Waals surface area contributed by atoms with E-state index in [1.54, 1.807) is 18.2 Å². The van der Waals surface area contributed by atoms with Gasteiger partial charge in [0.1, 0.15) is 11.8 Å². The van der Waals surface area contributed by atoms with Crippen molar-refractivity contribution >= 4 is 40.4 Å². The van der Waals surface area contributed by atoms with Crippen molar-refractivity contribution in [3.63, 3.8) is 0 Å². The zero-order chi connectivity index (χ0) is 17.2. The van der Waals surface area contributed by atoms with Crippen LogP contribution in [0.1, 0.15) is 5.56 Å². The van der Waals surface area contributed by atoms with E-state index < -0.39 is 0 Å². The fourth-order valence-electron chi connectivity index (χ4n) is 1.79. The van der Waals surface area contributed by atoms with Gasteiger partial charge in [-0.15, -0.1) is 0 Å². The molecule has 0 heterocycles.